The fraction of sp³-hybridized carbons (Fsp3) is 0.571. The minimum Gasteiger partial charge on any atom is -0.508 e. The summed E-state index contributed by atoms with van der Waals surface area (Å²) >= 11 is 0. The topological polar surface area (TPSA) is 32.3 Å². The molecule has 1 unspecified atom stereocenters. The summed E-state index contributed by atoms with van der Waals surface area (Å²) in [4.78, 5) is 0. The zero-order chi connectivity index (χ0) is 11.4. The first-order valence-corrected chi connectivity index (χ1v) is 6.32. The number of benzene rings is 1. The molecule has 0 aliphatic heterocycles. The molecule has 0 bridgehead atoms. The van der Waals surface area contributed by atoms with Crippen molar-refractivity contribution in [3.05, 3.63) is 29.8 Å². The number of aromatic hydroxyl groups is 1. The zero-order valence-electron chi connectivity index (χ0n) is 9.95. The number of nitrogens with one attached hydrogen (secondary N) is 1. The Bertz CT molecular complexity index is 316. The molecule has 16 heavy (non-hydrogen) atoms. The van der Waals surface area contributed by atoms with Crippen molar-refractivity contribution in [1.29, 1.82) is 0 Å². The maximum absolute atomic E-state index is 9.26. The predicted molar refractivity (Wildman–Crippen MR) is 66.5 cm³/mol. The Kier molecular flexibility index (Phi) is 3.83. The largest absolute Gasteiger partial charge is 0.508 e. The van der Waals surface area contributed by atoms with Gasteiger partial charge in [-0.25, -0.2) is 0 Å². The summed E-state index contributed by atoms with van der Waals surface area (Å²) in [6.45, 7) is 3.34. The molecule has 0 saturated heterocycles. The number of hydrogen-bond donors (Lipinski definition) is 2. The average Bonchev–Trinajstić information content (AvgIpc) is 2.24. The monoisotopic (exact) mass is 219 g/mol. The second-order valence-corrected chi connectivity index (χ2v) is 4.76. The van der Waals surface area contributed by atoms with Gasteiger partial charge in [-0.1, -0.05) is 25.5 Å². The lowest BCUT2D eigenvalue weighted by Gasteiger charge is -2.28. The highest BCUT2D eigenvalue weighted by Gasteiger charge is 2.18. The van der Waals surface area contributed by atoms with E-state index in [1.165, 1.54) is 24.8 Å². The molecule has 0 radical (unpaired) electrons. The van der Waals surface area contributed by atoms with Gasteiger partial charge in [-0.15, -0.1) is 0 Å². The predicted octanol–water partition coefficient (Wildman–Crippen LogP) is 3.23. The van der Waals surface area contributed by atoms with Gasteiger partial charge in [-0.3, -0.25) is 0 Å². The Morgan fingerprint density at radius 1 is 1.31 bits per heavy atom. The van der Waals surface area contributed by atoms with E-state index in [0.29, 0.717) is 11.8 Å². The highest BCUT2D eigenvalue weighted by Crippen LogP contribution is 2.27. The van der Waals surface area contributed by atoms with Crippen molar-refractivity contribution in [3.63, 3.8) is 0 Å². The fourth-order valence-corrected chi connectivity index (χ4v) is 2.21. The van der Waals surface area contributed by atoms with Crippen molar-refractivity contribution >= 4 is 0 Å². The summed E-state index contributed by atoms with van der Waals surface area (Å²) in [7, 11) is 0. The Balaban J connectivity index is 1.90. The van der Waals surface area contributed by atoms with E-state index < -0.39 is 0 Å². The molecule has 2 heteroatoms. The summed E-state index contributed by atoms with van der Waals surface area (Å²) in [6, 6.07) is 7.99. The highest BCUT2D eigenvalue weighted by molar-refractivity contribution is 5.27. The molecule has 1 fully saturated rings. The van der Waals surface area contributed by atoms with Gasteiger partial charge < -0.3 is 10.4 Å². The molecule has 1 aliphatic rings. The van der Waals surface area contributed by atoms with Crippen LogP contribution in [0, 0.1) is 5.92 Å². The molecular weight excluding hydrogens is 198 g/mol. The fourth-order valence-electron chi connectivity index (χ4n) is 2.21. The quantitative estimate of drug-likeness (QED) is 0.797. The second kappa shape index (κ2) is 5.35. The minimum absolute atomic E-state index is 0.345. The molecule has 0 heterocycles. The van der Waals surface area contributed by atoms with Crippen LogP contribution in [-0.4, -0.2) is 11.7 Å². The lowest BCUT2D eigenvalue weighted by atomic mass is 9.85. The molecule has 1 atom stereocenters. The van der Waals surface area contributed by atoms with Gasteiger partial charge in [0, 0.05) is 6.04 Å². The van der Waals surface area contributed by atoms with Crippen LogP contribution >= 0.6 is 0 Å². The Morgan fingerprint density at radius 3 is 2.50 bits per heavy atom. The minimum atomic E-state index is 0.345. The molecule has 2 N–H and O–H groups in total. The van der Waals surface area contributed by atoms with E-state index >= 15 is 0 Å². The van der Waals surface area contributed by atoms with Gasteiger partial charge in [0.25, 0.3) is 0 Å². The second-order valence-electron chi connectivity index (χ2n) is 4.76. The van der Waals surface area contributed by atoms with Crippen LogP contribution in [0.2, 0.25) is 0 Å². The number of rotatable bonds is 5. The van der Waals surface area contributed by atoms with Gasteiger partial charge in [0.15, 0.2) is 0 Å². The van der Waals surface area contributed by atoms with E-state index in [9.17, 15) is 5.11 Å². The number of phenols is 1. The van der Waals surface area contributed by atoms with Crippen LogP contribution in [0.1, 0.15) is 44.2 Å². The Morgan fingerprint density at radius 2 is 2.00 bits per heavy atom. The zero-order valence-corrected chi connectivity index (χ0v) is 9.95. The van der Waals surface area contributed by atoms with E-state index in [2.05, 4.69) is 12.2 Å². The summed E-state index contributed by atoms with van der Waals surface area (Å²) in [6.07, 6.45) is 5.28. The smallest absolute Gasteiger partial charge is 0.115 e. The van der Waals surface area contributed by atoms with Crippen molar-refractivity contribution in [2.24, 2.45) is 5.92 Å². The van der Waals surface area contributed by atoms with Crippen LogP contribution in [0.4, 0.5) is 0 Å². The van der Waals surface area contributed by atoms with Crippen LogP contribution < -0.4 is 5.32 Å². The van der Waals surface area contributed by atoms with Crippen molar-refractivity contribution in [2.45, 2.75) is 38.6 Å². The van der Waals surface area contributed by atoms with Crippen molar-refractivity contribution in [1.82, 2.24) is 5.32 Å². The first-order valence-electron chi connectivity index (χ1n) is 6.32. The van der Waals surface area contributed by atoms with Gasteiger partial charge >= 0.3 is 0 Å². The Hall–Kier alpha value is -1.02. The highest BCUT2D eigenvalue weighted by atomic mass is 16.3. The van der Waals surface area contributed by atoms with Gasteiger partial charge in [0.05, 0.1) is 0 Å². The van der Waals surface area contributed by atoms with Crippen molar-refractivity contribution < 1.29 is 5.11 Å². The summed E-state index contributed by atoms with van der Waals surface area (Å²) < 4.78 is 0. The average molecular weight is 219 g/mol. The summed E-state index contributed by atoms with van der Waals surface area (Å²) in [5.41, 5.74) is 1.28. The van der Waals surface area contributed by atoms with E-state index in [1.807, 2.05) is 12.1 Å². The van der Waals surface area contributed by atoms with Crippen LogP contribution in [0.25, 0.3) is 0 Å². The summed E-state index contributed by atoms with van der Waals surface area (Å²) in [5.74, 6) is 1.24. The lowest BCUT2D eigenvalue weighted by molar-refractivity contribution is 0.288. The van der Waals surface area contributed by atoms with Gasteiger partial charge in [0.2, 0.25) is 0 Å². The normalized spacial score (nSPS) is 18.1. The molecular formula is C14H21NO. The van der Waals surface area contributed by atoms with Crippen molar-refractivity contribution in [3.8, 4) is 5.75 Å². The standard InChI is InChI=1S/C14H21NO/c1-2-14(15-10-11-4-3-5-11)12-6-8-13(16)9-7-12/h6-9,11,14-16H,2-5,10H2,1H3. The van der Waals surface area contributed by atoms with Crippen LogP contribution in [0.5, 0.6) is 5.75 Å². The van der Waals surface area contributed by atoms with E-state index in [-0.39, 0.29) is 0 Å². The Labute approximate surface area is 97.7 Å². The van der Waals surface area contributed by atoms with E-state index in [4.69, 9.17) is 0 Å². The molecule has 1 aliphatic carbocycles. The van der Waals surface area contributed by atoms with Crippen LogP contribution in [0.15, 0.2) is 24.3 Å². The number of hydrogen-bond acceptors (Lipinski definition) is 2. The SMILES string of the molecule is CCC(NCC1CCC1)c1ccc(O)cc1. The summed E-state index contributed by atoms with van der Waals surface area (Å²) in [5, 5.41) is 12.9. The lowest BCUT2D eigenvalue weighted by Crippen LogP contribution is -2.30. The molecule has 2 rings (SSSR count). The molecule has 0 amide bonds. The molecule has 0 spiro atoms. The van der Waals surface area contributed by atoms with E-state index in [1.54, 1.807) is 12.1 Å². The van der Waals surface area contributed by atoms with Crippen LogP contribution in [0.3, 0.4) is 0 Å². The molecule has 1 aromatic carbocycles. The van der Waals surface area contributed by atoms with Gasteiger partial charge in [-0.2, -0.15) is 0 Å². The maximum Gasteiger partial charge on any atom is 0.115 e. The molecule has 1 saturated carbocycles. The third-order valence-corrected chi connectivity index (χ3v) is 3.58. The maximum atomic E-state index is 9.26. The first-order chi connectivity index (χ1) is 7.79. The van der Waals surface area contributed by atoms with Gasteiger partial charge in [0.1, 0.15) is 5.75 Å². The van der Waals surface area contributed by atoms with Crippen molar-refractivity contribution in [2.75, 3.05) is 6.54 Å². The molecule has 1 aromatic rings. The molecule has 88 valence electrons. The first kappa shape index (κ1) is 11.5. The third-order valence-electron chi connectivity index (χ3n) is 3.58. The van der Waals surface area contributed by atoms with Gasteiger partial charge in [-0.05, 0) is 49.4 Å². The number of phenolic OH excluding ortho intramolecular Hbond substituents is 1. The van der Waals surface area contributed by atoms with E-state index in [0.717, 1.165) is 18.9 Å². The molecule has 2 nitrogen and oxygen atoms in total. The molecule has 0 aromatic heterocycles. The third kappa shape index (κ3) is 2.76. The van der Waals surface area contributed by atoms with Crippen LogP contribution in [-0.2, 0) is 0 Å².